The minimum atomic E-state index is -0.175. The highest BCUT2D eigenvalue weighted by molar-refractivity contribution is 8.04. The van der Waals surface area contributed by atoms with Gasteiger partial charge in [0.1, 0.15) is 11.3 Å². The van der Waals surface area contributed by atoms with E-state index in [1.807, 2.05) is 10.8 Å². The van der Waals surface area contributed by atoms with E-state index in [4.69, 9.17) is 0 Å². The minimum absolute atomic E-state index is 0.149. The van der Waals surface area contributed by atoms with E-state index in [0.29, 0.717) is 18.5 Å². The molecule has 0 saturated carbocycles. The van der Waals surface area contributed by atoms with Crippen LogP contribution in [0.2, 0.25) is 0 Å². The van der Waals surface area contributed by atoms with Crippen molar-refractivity contribution >= 4 is 17.3 Å². The maximum atomic E-state index is 12.5. The second kappa shape index (κ2) is 3.96. The third kappa shape index (κ3) is 1.61. The van der Waals surface area contributed by atoms with Crippen molar-refractivity contribution in [3.63, 3.8) is 0 Å². The molecule has 0 radical (unpaired) electrons. The van der Waals surface area contributed by atoms with Gasteiger partial charge in [0.15, 0.2) is 5.43 Å². The maximum absolute atomic E-state index is 12.5. The SMILES string of the molecule is O=c1ccn2nc3n(c(=O)c2c1)CC1(C=CSC=C1)C3. The molecule has 0 N–H and O–H groups in total. The summed E-state index contributed by atoms with van der Waals surface area (Å²) in [5, 5.41) is 8.56. The van der Waals surface area contributed by atoms with E-state index in [1.54, 1.807) is 22.5 Å². The number of pyridine rings is 1. The summed E-state index contributed by atoms with van der Waals surface area (Å²) in [4.78, 5) is 23.9. The predicted octanol–water partition coefficient (Wildman–Crippen LogP) is 1.17. The van der Waals surface area contributed by atoms with Gasteiger partial charge in [0.2, 0.25) is 0 Å². The Morgan fingerprint density at radius 2 is 2.05 bits per heavy atom. The third-order valence-electron chi connectivity index (χ3n) is 3.80. The van der Waals surface area contributed by atoms with Crippen molar-refractivity contribution in [1.29, 1.82) is 0 Å². The number of aromatic nitrogens is 3. The molecule has 2 aromatic heterocycles. The van der Waals surface area contributed by atoms with Gasteiger partial charge in [0.05, 0.1) is 0 Å². The van der Waals surface area contributed by atoms with Gasteiger partial charge in [-0.15, -0.1) is 11.8 Å². The van der Waals surface area contributed by atoms with Crippen LogP contribution in [0.3, 0.4) is 0 Å². The molecule has 4 heterocycles. The van der Waals surface area contributed by atoms with Crippen LogP contribution in [-0.4, -0.2) is 14.2 Å². The van der Waals surface area contributed by atoms with Crippen LogP contribution in [0.1, 0.15) is 5.82 Å². The Hall–Kier alpha value is -2.08. The Morgan fingerprint density at radius 3 is 2.85 bits per heavy atom. The van der Waals surface area contributed by atoms with E-state index in [2.05, 4.69) is 17.3 Å². The quantitative estimate of drug-likeness (QED) is 0.729. The highest BCUT2D eigenvalue weighted by Crippen LogP contribution is 2.37. The van der Waals surface area contributed by atoms with Crippen LogP contribution in [0.4, 0.5) is 0 Å². The van der Waals surface area contributed by atoms with E-state index >= 15 is 0 Å². The molecule has 0 amide bonds. The summed E-state index contributed by atoms with van der Waals surface area (Å²) in [5.74, 6) is 0.757. The monoisotopic (exact) mass is 285 g/mol. The van der Waals surface area contributed by atoms with Gasteiger partial charge in [-0.25, -0.2) is 4.52 Å². The Balaban J connectivity index is 1.96. The molecule has 0 aromatic carbocycles. The normalized spacial score (nSPS) is 18.8. The summed E-state index contributed by atoms with van der Waals surface area (Å²) in [6.45, 7) is 0.585. The highest BCUT2D eigenvalue weighted by Gasteiger charge is 2.36. The number of allylic oxidation sites excluding steroid dienone is 2. The molecular weight excluding hydrogens is 274 g/mol. The largest absolute Gasteiger partial charge is 0.292 e. The molecule has 0 bridgehead atoms. The molecule has 4 rings (SSSR count). The summed E-state index contributed by atoms with van der Waals surface area (Å²) in [6, 6.07) is 2.76. The van der Waals surface area contributed by atoms with Crippen LogP contribution in [-0.2, 0) is 13.0 Å². The second-order valence-corrected chi connectivity index (χ2v) is 5.97. The molecule has 5 nitrogen and oxygen atoms in total. The van der Waals surface area contributed by atoms with Gasteiger partial charge in [-0.05, 0) is 10.8 Å². The van der Waals surface area contributed by atoms with Crippen molar-refractivity contribution in [2.75, 3.05) is 0 Å². The molecule has 0 unspecified atom stereocenters. The average Bonchev–Trinajstić information content (AvgIpc) is 2.79. The van der Waals surface area contributed by atoms with Crippen molar-refractivity contribution in [3.8, 4) is 0 Å². The number of thioether (sulfide) groups is 1. The van der Waals surface area contributed by atoms with Gasteiger partial charge in [-0.3, -0.25) is 14.2 Å². The Labute approximate surface area is 118 Å². The third-order valence-corrected chi connectivity index (χ3v) is 4.39. The summed E-state index contributed by atoms with van der Waals surface area (Å²) < 4.78 is 3.18. The van der Waals surface area contributed by atoms with Crippen molar-refractivity contribution in [2.24, 2.45) is 5.41 Å². The van der Waals surface area contributed by atoms with Crippen LogP contribution >= 0.6 is 11.8 Å². The smallest absolute Gasteiger partial charge is 0.278 e. The fraction of sp³-hybridized carbons (Fsp3) is 0.214. The van der Waals surface area contributed by atoms with Crippen molar-refractivity contribution < 1.29 is 0 Å². The first-order valence-corrected chi connectivity index (χ1v) is 7.25. The first-order valence-electron chi connectivity index (χ1n) is 6.30. The van der Waals surface area contributed by atoms with Crippen molar-refractivity contribution in [2.45, 2.75) is 13.0 Å². The lowest BCUT2D eigenvalue weighted by Gasteiger charge is -2.21. The Morgan fingerprint density at radius 1 is 1.25 bits per heavy atom. The number of hydrogen-bond donors (Lipinski definition) is 0. The molecule has 2 aliphatic rings. The van der Waals surface area contributed by atoms with Crippen LogP contribution in [0, 0.1) is 5.41 Å². The summed E-state index contributed by atoms with van der Waals surface area (Å²) in [6.07, 6.45) is 6.51. The van der Waals surface area contributed by atoms with Crippen LogP contribution < -0.4 is 11.0 Å². The Kier molecular flexibility index (Phi) is 2.32. The molecule has 0 atom stereocenters. The summed E-state index contributed by atoms with van der Waals surface area (Å²) in [5.41, 5.74) is -0.144. The summed E-state index contributed by atoms with van der Waals surface area (Å²) in [7, 11) is 0. The van der Waals surface area contributed by atoms with Gasteiger partial charge < -0.3 is 0 Å². The van der Waals surface area contributed by atoms with Gasteiger partial charge in [0, 0.05) is 36.7 Å². The molecule has 0 aliphatic carbocycles. The number of hydrogen-bond acceptors (Lipinski definition) is 4. The molecular formula is C14H11N3O2S. The zero-order chi connectivity index (χ0) is 13.7. The van der Waals surface area contributed by atoms with Crippen molar-refractivity contribution in [1.82, 2.24) is 14.2 Å². The lowest BCUT2D eigenvalue weighted by molar-refractivity contribution is 0.475. The second-order valence-electron chi connectivity index (χ2n) is 5.15. The number of nitrogens with zero attached hydrogens (tertiary/aromatic N) is 3. The molecule has 2 aliphatic heterocycles. The lowest BCUT2D eigenvalue weighted by Crippen LogP contribution is -2.27. The summed E-state index contributed by atoms with van der Waals surface area (Å²) >= 11 is 1.63. The minimum Gasteiger partial charge on any atom is -0.292 e. The standard InChI is InChI=1S/C14H11N3O2S/c18-10-1-4-17-11(7-10)13(19)16-9-14(8-12(16)15-17)2-5-20-6-3-14/h1-7H,8-9H2. The van der Waals surface area contributed by atoms with Gasteiger partial charge in [0.25, 0.3) is 5.56 Å². The first kappa shape index (κ1) is 11.7. The molecule has 0 fully saturated rings. The zero-order valence-electron chi connectivity index (χ0n) is 10.5. The molecule has 100 valence electrons. The molecule has 20 heavy (non-hydrogen) atoms. The number of fused-ring (bicyclic) bond motifs is 2. The molecule has 6 heteroatoms. The van der Waals surface area contributed by atoms with E-state index < -0.39 is 0 Å². The molecule has 2 aromatic rings. The zero-order valence-corrected chi connectivity index (χ0v) is 11.3. The average molecular weight is 285 g/mol. The van der Waals surface area contributed by atoms with E-state index in [1.165, 1.54) is 16.6 Å². The topological polar surface area (TPSA) is 56.4 Å². The fourth-order valence-corrected chi connectivity index (χ4v) is 3.56. The van der Waals surface area contributed by atoms with E-state index in [0.717, 1.165) is 5.82 Å². The van der Waals surface area contributed by atoms with Gasteiger partial charge >= 0.3 is 0 Å². The Bertz CT molecular complexity index is 879. The molecule has 1 spiro atoms. The van der Waals surface area contributed by atoms with E-state index in [-0.39, 0.29) is 16.4 Å². The highest BCUT2D eigenvalue weighted by atomic mass is 32.2. The van der Waals surface area contributed by atoms with Crippen LogP contribution in [0.25, 0.3) is 5.52 Å². The van der Waals surface area contributed by atoms with Gasteiger partial charge in [-0.2, -0.15) is 5.10 Å². The molecule has 0 saturated heterocycles. The first-order chi connectivity index (χ1) is 9.67. The van der Waals surface area contributed by atoms with Crippen LogP contribution in [0.15, 0.2) is 50.9 Å². The fourth-order valence-electron chi connectivity index (χ4n) is 2.77. The maximum Gasteiger partial charge on any atom is 0.278 e. The van der Waals surface area contributed by atoms with Gasteiger partial charge in [-0.1, -0.05) is 12.2 Å². The predicted molar refractivity (Wildman–Crippen MR) is 77.7 cm³/mol. The van der Waals surface area contributed by atoms with Crippen molar-refractivity contribution in [3.05, 3.63) is 67.7 Å². The number of rotatable bonds is 0. The van der Waals surface area contributed by atoms with Crippen LogP contribution in [0.5, 0.6) is 0 Å². The van der Waals surface area contributed by atoms with E-state index in [9.17, 15) is 9.59 Å². The lowest BCUT2D eigenvalue weighted by atomic mass is 9.87.